The van der Waals surface area contributed by atoms with Gasteiger partial charge in [0.2, 0.25) is 0 Å². The van der Waals surface area contributed by atoms with Gasteiger partial charge in [0.15, 0.2) is 0 Å². The molecule has 10 rings (SSSR count). The fourth-order valence-electron chi connectivity index (χ4n) is 8.04. The minimum atomic E-state index is -0.0592. The Balaban J connectivity index is 1.18. The topological polar surface area (TPSA) is 8.17 Å². The summed E-state index contributed by atoms with van der Waals surface area (Å²) in [5, 5.41) is 2.57. The van der Waals surface area contributed by atoms with Crippen molar-refractivity contribution in [3.8, 4) is 27.9 Å². The van der Waals surface area contributed by atoms with Gasteiger partial charge in [0.25, 0.3) is 0 Å². The minimum absolute atomic E-state index is 0.0592. The maximum Gasteiger partial charge on any atom is 0.0602 e. The Labute approximate surface area is 284 Å². The molecule has 0 amide bonds. The van der Waals surface area contributed by atoms with Gasteiger partial charge in [-0.3, -0.25) is 0 Å². The first-order valence-corrected chi connectivity index (χ1v) is 17.4. The molecule has 0 spiro atoms. The van der Waals surface area contributed by atoms with Crippen molar-refractivity contribution >= 4 is 50.6 Å². The van der Waals surface area contributed by atoms with E-state index in [-0.39, 0.29) is 5.41 Å². The molecule has 2 aliphatic rings. The fraction of sp³-hybridized carbons (Fsp3) is 0.0667. The molecule has 228 valence electrons. The van der Waals surface area contributed by atoms with Gasteiger partial charge in [-0.25, -0.2) is 0 Å². The Hall–Kier alpha value is -5.51. The molecular weight excluding hydrogens is 601 g/mol. The lowest BCUT2D eigenvalue weighted by Crippen LogP contribution is -2.14. The van der Waals surface area contributed by atoms with Gasteiger partial charge >= 0.3 is 0 Å². The molecule has 2 nitrogen and oxygen atoms in total. The third kappa shape index (κ3) is 3.95. The van der Waals surface area contributed by atoms with E-state index >= 15 is 0 Å². The summed E-state index contributed by atoms with van der Waals surface area (Å²) in [6.45, 7) is 4.73. The molecule has 2 heterocycles. The Morgan fingerprint density at radius 3 is 1.94 bits per heavy atom. The minimum Gasteiger partial charge on any atom is -0.309 e. The Kier molecular flexibility index (Phi) is 5.89. The number of para-hydroxylation sites is 3. The molecule has 3 heteroatoms. The quantitative estimate of drug-likeness (QED) is 0.191. The summed E-state index contributed by atoms with van der Waals surface area (Å²) in [7, 11) is 0. The lowest BCUT2D eigenvalue weighted by Gasteiger charge is -2.33. The van der Waals surface area contributed by atoms with Crippen LogP contribution in [0.3, 0.4) is 0 Å². The number of rotatable bonds is 3. The Morgan fingerprint density at radius 1 is 0.458 bits per heavy atom. The van der Waals surface area contributed by atoms with E-state index in [0.717, 1.165) is 0 Å². The van der Waals surface area contributed by atoms with Crippen LogP contribution in [0, 0.1) is 0 Å². The van der Waals surface area contributed by atoms with Crippen LogP contribution in [0.4, 0.5) is 17.1 Å². The predicted molar refractivity (Wildman–Crippen MR) is 203 cm³/mol. The van der Waals surface area contributed by atoms with Crippen molar-refractivity contribution in [3.63, 3.8) is 0 Å². The number of benzene rings is 7. The third-order valence-electron chi connectivity index (χ3n) is 10.4. The molecule has 48 heavy (non-hydrogen) atoms. The van der Waals surface area contributed by atoms with Gasteiger partial charge in [0.1, 0.15) is 0 Å². The van der Waals surface area contributed by atoms with E-state index in [1.807, 2.05) is 11.8 Å². The smallest absolute Gasteiger partial charge is 0.0602 e. The highest BCUT2D eigenvalue weighted by atomic mass is 32.2. The van der Waals surface area contributed by atoms with E-state index in [9.17, 15) is 0 Å². The molecule has 0 saturated carbocycles. The zero-order chi connectivity index (χ0) is 32.0. The number of hydrogen-bond acceptors (Lipinski definition) is 2. The van der Waals surface area contributed by atoms with Crippen molar-refractivity contribution < 1.29 is 0 Å². The first kappa shape index (κ1) is 27.6. The van der Waals surface area contributed by atoms with Crippen LogP contribution in [0.2, 0.25) is 0 Å². The largest absolute Gasteiger partial charge is 0.309 e. The van der Waals surface area contributed by atoms with Crippen LogP contribution < -0.4 is 4.90 Å². The number of fused-ring (bicyclic) bond motifs is 8. The lowest BCUT2D eigenvalue weighted by molar-refractivity contribution is 0.661. The molecule has 0 bridgehead atoms. The number of aromatic nitrogens is 1. The molecule has 0 unspecified atom stereocenters. The average Bonchev–Trinajstić information content (AvgIpc) is 3.57. The maximum absolute atomic E-state index is 2.46. The van der Waals surface area contributed by atoms with Crippen LogP contribution in [0.1, 0.15) is 25.0 Å². The van der Waals surface area contributed by atoms with Crippen molar-refractivity contribution in [1.82, 2.24) is 4.57 Å². The van der Waals surface area contributed by atoms with E-state index in [2.05, 4.69) is 181 Å². The molecule has 8 aromatic rings. The van der Waals surface area contributed by atoms with Crippen LogP contribution >= 0.6 is 11.8 Å². The van der Waals surface area contributed by atoms with Gasteiger partial charge in [0, 0.05) is 37.4 Å². The monoisotopic (exact) mass is 632 g/mol. The number of nitrogens with zero attached hydrogens (tertiary/aromatic N) is 2. The lowest BCUT2D eigenvalue weighted by atomic mass is 9.82. The van der Waals surface area contributed by atoms with Crippen LogP contribution in [0.25, 0.3) is 49.7 Å². The van der Waals surface area contributed by atoms with Gasteiger partial charge in [-0.1, -0.05) is 111 Å². The predicted octanol–water partition coefficient (Wildman–Crippen LogP) is 12.7. The highest BCUT2D eigenvalue weighted by Gasteiger charge is 2.36. The molecule has 1 aromatic heterocycles. The summed E-state index contributed by atoms with van der Waals surface area (Å²) in [6, 6.07) is 58.1. The molecule has 1 aliphatic carbocycles. The third-order valence-corrected chi connectivity index (χ3v) is 11.5. The van der Waals surface area contributed by atoms with Crippen LogP contribution in [-0.2, 0) is 5.41 Å². The van der Waals surface area contributed by atoms with Gasteiger partial charge in [-0.2, -0.15) is 0 Å². The summed E-state index contributed by atoms with van der Waals surface area (Å²) < 4.78 is 2.45. The normalized spacial score (nSPS) is 14.1. The fourth-order valence-corrected chi connectivity index (χ4v) is 9.14. The summed E-state index contributed by atoms with van der Waals surface area (Å²) in [6.07, 6.45) is 0. The molecular formula is C45H32N2S. The van der Waals surface area contributed by atoms with Crippen molar-refractivity contribution in [2.24, 2.45) is 0 Å². The van der Waals surface area contributed by atoms with Crippen LogP contribution in [-0.4, -0.2) is 4.57 Å². The van der Waals surface area contributed by atoms with Gasteiger partial charge in [-0.05, 0) is 106 Å². The van der Waals surface area contributed by atoms with E-state index in [0.29, 0.717) is 0 Å². The molecule has 7 aromatic carbocycles. The highest BCUT2D eigenvalue weighted by Crippen LogP contribution is 2.53. The van der Waals surface area contributed by atoms with E-state index in [4.69, 9.17) is 0 Å². The van der Waals surface area contributed by atoms with Crippen molar-refractivity contribution in [2.45, 2.75) is 29.1 Å². The van der Waals surface area contributed by atoms with E-state index < -0.39 is 0 Å². The number of anilines is 3. The van der Waals surface area contributed by atoms with E-state index in [1.165, 1.54) is 87.7 Å². The highest BCUT2D eigenvalue weighted by molar-refractivity contribution is 7.99. The first-order valence-electron chi connectivity index (χ1n) is 16.6. The van der Waals surface area contributed by atoms with Crippen LogP contribution in [0.15, 0.2) is 168 Å². The zero-order valence-electron chi connectivity index (χ0n) is 26.8. The summed E-state index contributed by atoms with van der Waals surface area (Å²) in [5.74, 6) is 0. The second kappa shape index (κ2) is 10.2. The SMILES string of the molecule is CC1(C)c2ccccc2-c2cc3c4cc(-c5ccc6c(c5)Sc5ccccc5N6c5ccccc5)ccc4n(-c4ccccc4)c3cc21. The van der Waals surface area contributed by atoms with E-state index in [1.54, 1.807) is 0 Å². The molecule has 1 aliphatic heterocycles. The Morgan fingerprint density at radius 2 is 1.10 bits per heavy atom. The molecule has 0 atom stereocenters. The van der Waals surface area contributed by atoms with Crippen LogP contribution in [0.5, 0.6) is 0 Å². The second-order valence-corrected chi connectivity index (χ2v) is 14.5. The van der Waals surface area contributed by atoms with Crippen molar-refractivity contribution in [1.29, 1.82) is 0 Å². The average molecular weight is 633 g/mol. The summed E-state index contributed by atoms with van der Waals surface area (Å²) >= 11 is 1.86. The molecule has 0 radical (unpaired) electrons. The maximum atomic E-state index is 2.46. The number of hydrogen-bond donors (Lipinski definition) is 0. The van der Waals surface area contributed by atoms with Gasteiger partial charge < -0.3 is 9.47 Å². The molecule has 0 fully saturated rings. The standard InChI is InChI=1S/C45H32N2S/c1-45(2)37-18-10-9-17-33(37)34-27-36-35-25-29(21-23-39(35)46(42(36)28-38(34)45)31-13-5-3-6-14-31)30-22-24-41-44(26-30)48-43-20-12-11-19-40(43)47(41)32-15-7-4-8-16-32/h3-28H,1-2H3. The van der Waals surface area contributed by atoms with Gasteiger partial charge in [0.05, 0.1) is 22.4 Å². The van der Waals surface area contributed by atoms with Crippen molar-refractivity contribution in [2.75, 3.05) is 4.90 Å². The molecule has 0 N–H and O–H groups in total. The summed E-state index contributed by atoms with van der Waals surface area (Å²) in [4.78, 5) is 4.92. The second-order valence-electron chi connectivity index (χ2n) is 13.4. The summed E-state index contributed by atoms with van der Waals surface area (Å²) in [5.41, 5.74) is 15.2. The van der Waals surface area contributed by atoms with Gasteiger partial charge in [-0.15, -0.1) is 0 Å². The van der Waals surface area contributed by atoms with Crippen molar-refractivity contribution in [3.05, 3.63) is 169 Å². The first-order chi connectivity index (χ1) is 23.6. The zero-order valence-corrected chi connectivity index (χ0v) is 27.6. The molecule has 0 saturated heterocycles. The Bertz CT molecular complexity index is 2560.